The average molecular weight is 366 g/mol. The van der Waals surface area contributed by atoms with E-state index in [0.717, 1.165) is 69.1 Å². The molecule has 2 aromatic heterocycles. The van der Waals surface area contributed by atoms with Crippen molar-refractivity contribution in [2.24, 2.45) is 13.0 Å². The normalized spacial score (nSPS) is 17.9. The lowest BCUT2D eigenvalue weighted by Crippen LogP contribution is -2.35. The first-order valence-electron chi connectivity index (χ1n) is 9.19. The highest BCUT2D eigenvalue weighted by Gasteiger charge is 2.28. The molecule has 0 saturated carbocycles. The van der Waals surface area contributed by atoms with Crippen LogP contribution in [0.25, 0.3) is 0 Å². The minimum atomic E-state index is -0.487. The van der Waals surface area contributed by atoms with Gasteiger partial charge in [-0.25, -0.2) is 9.97 Å². The molecule has 7 heteroatoms. The summed E-state index contributed by atoms with van der Waals surface area (Å²) in [5.74, 6) is 2.01. The molecule has 1 fully saturated rings. The van der Waals surface area contributed by atoms with Crippen molar-refractivity contribution in [2.45, 2.75) is 51.7 Å². The van der Waals surface area contributed by atoms with E-state index < -0.39 is 6.10 Å². The van der Waals surface area contributed by atoms with Crippen molar-refractivity contribution in [2.75, 3.05) is 13.1 Å². The van der Waals surface area contributed by atoms with Crippen LogP contribution in [-0.4, -0.2) is 42.6 Å². The number of aliphatic hydroxyl groups is 1. The molecule has 1 aliphatic heterocycles. The summed E-state index contributed by atoms with van der Waals surface area (Å²) in [7, 11) is 1.93. The Balaban J connectivity index is 1.53. The van der Waals surface area contributed by atoms with Crippen LogP contribution < -0.4 is 0 Å². The third kappa shape index (κ3) is 4.43. The lowest BCUT2D eigenvalue weighted by atomic mass is 9.90. The highest BCUT2D eigenvalue weighted by atomic mass is 35.5. The van der Waals surface area contributed by atoms with Crippen molar-refractivity contribution >= 4 is 11.6 Å². The van der Waals surface area contributed by atoms with Gasteiger partial charge in [0.2, 0.25) is 0 Å². The number of imidazole rings is 2. The second-order valence-corrected chi connectivity index (χ2v) is 7.37. The number of unbranched alkanes of at least 4 members (excludes halogenated alkanes) is 1. The summed E-state index contributed by atoms with van der Waals surface area (Å²) < 4.78 is 1.90. The molecule has 0 radical (unpaired) electrons. The van der Waals surface area contributed by atoms with Crippen LogP contribution in [0.2, 0.25) is 5.15 Å². The van der Waals surface area contributed by atoms with Crippen LogP contribution >= 0.6 is 11.6 Å². The first-order chi connectivity index (χ1) is 12.1. The Morgan fingerprint density at radius 1 is 1.40 bits per heavy atom. The molecule has 3 heterocycles. The number of H-pyrrole nitrogens is 1. The van der Waals surface area contributed by atoms with Gasteiger partial charge in [-0.15, -0.1) is 0 Å². The van der Waals surface area contributed by atoms with E-state index in [4.69, 9.17) is 11.6 Å². The number of aryl methyl sites for hydroxylation is 2. The van der Waals surface area contributed by atoms with Gasteiger partial charge in [-0.05, 0) is 38.3 Å². The highest BCUT2D eigenvalue weighted by molar-refractivity contribution is 6.30. The van der Waals surface area contributed by atoms with E-state index in [1.54, 1.807) is 6.20 Å². The predicted octanol–water partition coefficient (Wildman–Crippen LogP) is 3.08. The Bertz CT molecular complexity index is 675. The SMILES string of the molecule is CCCCc1nc(Cl)c(CN2CCC([C@@H](O)c3nccn3C)CC2)[nH]1. The minimum Gasteiger partial charge on any atom is -0.385 e. The molecule has 1 aliphatic rings. The Morgan fingerprint density at radius 3 is 2.80 bits per heavy atom. The second-order valence-electron chi connectivity index (χ2n) is 7.01. The summed E-state index contributed by atoms with van der Waals surface area (Å²) in [4.78, 5) is 14.5. The van der Waals surface area contributed by atoms with Gasteiger partial charge >= 0.3 is 0 Å². The smallest absolute Gasteiger partial charge is 0.151 e. The predicted molar refractivity (Wildman–Crippen MR) is 98.4 cm³/mol. The fourth-order valence-electron chi connectivity index (χ4n) is 3.53. The number of aromatic amines is 1. The standard InChI is InChI=1S/C18H28ClN5O/c1-3-4-5-15-21-14(17(19)22-15)12-24-9-6-13(7-10-24)16(25)18-20-8-11-23(18)2/h8,11,13,16,25H,3-7,9-10,12H2,1-2H3,(H,21,22)/t16-/m1/s1. The zero-order chi connectivity index (χ0) is 17.8. The molecule has 0 unspecified atom stereocenters. The maximum atomic E-state index is 10.6. The van der Waals surface area contributed by atoms with Crippen LogP contribution in [0.5, 0.6) is 0 Å². The van der Waals surface area contributed by atoms with Crippen LogP contribution in [-0.2, 0) is 20.0 Å². The molecule has 0 bridgehead atoms. The molecule has 138 valence electrons. The number of rotatable bonds is 7. The van der Waals surface area contributed by atoms with Gasteiger partial charge in [0.05, 0.1) is 5.69 Å². The lowest BCUT2D eigenvalue weighted by molar-refractivity contribution is 0.0489. The van der Waals surface area contributed by atoms with Crippen LogP contribution in [0.4, 0.5) is 0 Å². The molecular formula is C18H28ClN5O. The number of nitrogens with zero attached hydrogens (tertiary/aromatic N) is 4. The maximum absolute atomic E-state index is 10.6. The Hall–Kier alpha value is -1.37. The summed E-state index contributed by atoms with van der Waals surface area (Å²) in [6.45, 7) is 4.87. The molecule has 0 spiro atoms. The summed E-state index contributed by atoms with van der Waals surface area (Å²) in [6.07, 6.45) is 8.28. The molecular weight excluding hydrogens is 338 g/mol. The van der Waals surface area contributed by atoms with Crippen LogP contribution in [0, 0.1) is 5.92 Å². The monoisotopic (exact) mass is 365 g/mol. The van der Waals surface area contributed by atoms with Crippen molar-refractivity contribution in [1.82, 2.24) is 24.4 Å². The highest BCUT2D eigenvalue weighted by Crippen LogP contribution is 2.30. The second kappa shape index (κ2) is 8.34. The first-order valence-corrected chi connectivity index (χ1v) is 9.57. The van der Waals surface area contributed by atoms with Gasteiger partial charge in [0.15, 0.2) is 5.15 Å². The Kier molecular flexibility index (Phi) is 6.15. The van der Waals surface area contributed by atoms with Gasteiger partial charge < -0.3 is 14.7 Å². The van der Waals surface area contributed by atoms with Gasteiger partial charge in [-0.1, -0.05) is 24.9 Å². The summed E-state index contributed by atoms with van der Waals surface area (Å²) in [6, 6.07) is 0. The Morgan fingerprint density at radius 2 is 2.16 bits per heavy atom. The number of aromatic nitrogens is 4. The van der Waals surface area contributed by atoms with E-state index in [1.165, 1.54) is 0 Å². The number of hydrogen-bond donors (Lipinski definition) is 2. The minimum absolute atomic E-state index is 0.259. The number of aliphatic hydroxyl groups excluding tert-OH is 1. The van der Waals surface area contributed by atoms with Crippen LogP contribution in [0.1, 0.15) is 56.1 Å². The van der Waals surface area contributed by atoms with Gasteiger partial charge in [-0.3, -0.25) is 4.90 Å². The molecule has 0 amide bonds. The quantitative estimate of drug-likeness (QED) is 0.791. The molecule has 25 heavy (non-hydrogen) atoms. The number of nitrogens with one attached hydrogen (secondary N) is 1. The number of piperidine rings is 1. The summed E-state index contributed by atoms with van der Waals surface area (Å²) >= 11 is 6.29. The van der Waals surface area contributed by atoms with Gasteiger partial charge in [0, 0.05) is 32.4 Å². The van der Waals surface area contributed by atoms with Gasteiger partial charge in [0.25, 0.3) is 0 Å². The average Bonchev–Trinajstić information content (AvgIpc) is 3.19. The molecule has 6 nitrogen and oxygen atoms in total. The van der Waals surface area contributed by atoms with Crippen molar-refractivity contribution in [3.8, 4) is 0 Å². The van der Waals surface area contributed by atoms with E-state index in [9.17, 15) is 5.11 Å². The van der Waals surface area contributed by atoms with Crippen molar-refractivity contribution in [1.29, 1.82) is 0 Å². The zero-order valence-corrected chi connectivity index (χ0v) is 15.8. The van der Waals surface area contributed by atoms with Crippen LogP contribution in [0.3, 0.4) is 0 Å². The third-order valence-electron chi connectivity index (χ3n) is 5.13. The topological polar surface area (TPSA) is 70.0 Å². The van der Waals surface area contributed by atoms with Crippen molar-refractivity contribution < 1.29 is 5.11 Å². The van der Waals surface area contributed by atoms with E-state index in [-0.39, 0.29) is 5.92 Å². The molecule has 1 atom stereocenters. The summed E-state index contributed by atoms with van der Waals surface area (Å²) in [5, 5.41) is 11.2. The fraction of sp³-hybridized carbons (Fsp3) is 0.667. The lowest BCUT2D eigenvalue weighted by Gasteiger charge is -2.33. The van der Waals surface area contributed by atoms with Crippen molar-refractivity contribution in [3.05, 3.63) is 34.9 Å². The largest absolute Gasteiger partial charge is 0.385 e. The maximum Gasteiger partial charge on any atom is 0.151 e. The molecule has 2 aromatic rings. The van der Waals surface area contributed by atoms with Crippen molar-refractivity contribution in [3.63, 3.8) is 0 Å². The Labute approximate surface area is 154 Å². The number of hydrogen-bond acceptors (Lipinski definition) is 4. The molecule has 1 saturated heterocycles. The van der Waals surface area contributed by atoms with E-state index >= 15 is 0 Å². The molecule has 0 aromatic carbocycles. The van der Waals surface area contributed by atoms with E-state index in [2.05, 4.69) is 26.8 Å². The van der Waals surface area contributed by atoms with E-state index in [1.807, 2.05) is 17.8 Å². The fourth-order valence-corrected chi connectivity index (χ4v) is 3.74. The van der Waals surface area contributed by atoms with Crippen LogP contribution in [0.15, 0.2) is 12.4 Å². The zero-order valence-electron chi connectivity index (χ0n) is 15.1. The molecule has 0 aliphatic carbocycles. The van der Waals surface area contributed by atoms with E-state index in [0.29, 0.717) is 5.15 Å². The first kappa shape index (κ1) is 18.4. The number of halogens is 1. The third-order valence-corrected chi connectivity index (χ3v) is 5.44. The summed E-state index contributed by atoms with van der Waals surface area (Å²) in [5.41, 5.74) is 1.01. The number of likely N-dealkylation sites (tertiary alicyclic amines) is 1. The molecule has 3 rings (SSSR count). The van der Waals surface area contributed by atoms with Gasteiger partial charge in [-0.2, -0.15) is 0 Å². The van der Waals surface area contributed by atoms with Gasteiger partial charge in [0.1, 0.15) is 17.8 Å². The molecule has 2 N–H and O–H groups in total.